The molecule has 4 nitrogen and oxygen atoms in total. The topological polar surface area (TPSA) is 58.6 Å². The highest BCUT2D eigenvalue weighted by Gasteiger charge is 2.28. The molecule has 0 aromatic carbocycles. The third-order valence-corrected chi connectivity index (χ3v) is 4.56. The third-order valence-electron chi connectivity index (χ3n) is 4.56. The van der Waals surface area contributed by atoms with Crippen molar-refractivity contribution in [3.8, 4) is 0 Å². The summed E-state index contributed by atoms with van der Waals surface area (Å²) in [4.78, 5) is 10.9. The second kappa shape index (κ2) is 6.53. The lowest BCUT2D eigenvalue weighted by Crippen LogP contribution is -2.43. The van der Waals surface area contributed by atoms with Crippen LogP contribution in [0.15, 0.2) is 0 Å². The van der Waals surface area contributed by atoms with Crippen LogP contribution >= 0.6 is 0 Å². The summed E-state index contributed by atoms with van der Waals surface area (Å²) in [5.41, 5.74) is 0. The summed E-state index contributed by atoms with van der Waals surface area (Å²) in [5.74, 6) is -0.721. The first-order valence-electron chi connectivity index (χ1n) is 7.20. The lowest BCUT2D eigenvalue weighted by atomic mass is 9.84. The summed E-state index contributed by atoms with van der Waals surface area (Å²) < 4.78 is 5.38. The van der Waals surface area contributed by atoms with Gasteiger partial charge in [0.1, 0.15) is 0 Å². The van der Waals surface area contributed by atoms with Gasteiger partial charge in [0, 0.05) is 19.2 Å². The first-order valence-corrected chi connectivity index (χ1v) is 7.20. The van der Waals surface area contributed by atoms with E-state index in [4.69, 9.17) is 9.84 Å². The molecule has 0 atom stereocenters. The molecule has 2 rings (SSSR count). The molecule has 0 aliphatic heterocycles. The van der Waals surface area contributed by atoms with Crippen LogP contribution in [0.25, 0.3) is 0 Å². The molecule has 4 heteroatoms. The fourth-order valence-corrected chi connectivity index (χ4v) is 3.31. The maximum atomic E-state index is 10.9. The molecule has 0 unspecified atom stereocenters. The van der Waals surface area contributed by atoms with Crippen LogP contribution in [-0.2, 0) is 9.53 Å². The van der Waals surface area contributed by atoms with Gasteiger partial charge in [-0.1, -0.05) is 0 Å². The average Bonchev–Trinajstić information content (AvgIpc) is 2.40. The predicted molar refractivity (Wildman–Crippen MR) is 69.6 cm³/mol. The van der Waals surface area contributed by atoms with Crippen molar-refractivity contribution in [2.75, 3.05) is 7.11 Å². The van der Waals surface area contributed by atoms with E-state index in [9.17, 15) is 4.79 Å². The fourth-order valence-electron chi connectivity index (χ4n) is 3.31. The highest BCUT2D eigenvalue weighted by Crippen LogP contribution is 2.27. The maximum Gasteiger partial charge on any atom is 0.306 e. The molecule has 0 heterocycles. The van der Waals surface area contributed by atoms with Crippen molar-refractivity contribution in [1.82, 2.24) is 5.32 Å². The molecule has 2 aliphatic carbocycles. The third kappa shape index (κ3) is 3.69. The largest absolute Gasteiger partial charge is 0.481 e. The van der Waals surface area contributed by atoms with Gasteiger partial charge in [0.2, 0.25) is 0 Å². The molecule has 2 aliphatic rings. The van der Waals surface area contributed by atoms with E-state index in [0.29, 0.717) is 18.2 Å². The molecule has 0 aromatic heterocycles. The molecule has 0 spiro atoms. The van der Waals surface area contributed by atoms with Crippen molar-refractivity contribution in [3.05, 3.63) is 0 Å². The highest BCUT2D eigenvalue weighted by atomic mass is 16.5. The monoisotopic (exact) mass is 255 g/mol. The molecule has 0 saturated heterocycles. The number of methoxy groups -OCH3 is 1. The molecule has 2 saturated carbocycles. The second-order valence-corrected chi connectivity index (χ2v) is 5.76. The zero-order valence-electron chi connectivity index (χ0n) is 11.2. The molecule has 0 bridgehead atoms. The number of carbonyl (C=O) groups is 1. The van der Waals surface area contributed by atoms with Crippen LogP contribution in [0.5, 0.6) is 0 Å². The summed E-state index contributed by atoms with van der Waals surface area (Å²) in [6, 6.07) is 1.15. The van der Waals surface area contributed by atoms with E-state index in [0.717, 1.165) is 38.5 Å². The minimum absolute atomic E-state index is 0.104. The van der Waals surface area contributed by atoms with E-state index < -0.39 is 5.97 Å². The Labute approximate surface area is 109 Å². The van der Waals surface area contributed by atoms with Crippen LogP contribution in [0.3, 0.4) is 0 Å². The van der Waals surface area contributed by atoms with Gasteiger partial charge >= 0.3 is 5.97 Å². The molecule has 2 N–H and O–H groups in total. The van der Waals surface area contributed by atoms with E-state index in [1.165, 1.54) is 12.8 Å². The summed E-state index contributed by atoms with van der Waals surface area (Å²) in [5, 5.41) is 12.7. The first kappa shape index (κ1) is 13.8. The predicted octanol–water partition coefficient (Wildman–Crippen LogP) is 2.18. The number of aliphatic carboxylic acids is 1. The lowest BCUT2D eigenvalue weighted by molar-refractivity contribution is -0.142. The van der Waals surface area contributed by atoms with E-state index in [1.54, 1.807) is 7.11 Å². The minimum atomic E-state index is -0.617. The first-order chi connectivity index (χ1) is 8.69. The molecule has 104 valence electrons. The van der Waals surface area contributed by atoms with E-state index in [-0.39, 0.29) is 5.92 Å². The van der Waals surface area contributed by atoms with Gasteiger partial charge in [-0.3, -0.25) is 4.79 Å². The Morgan fingerprint density at radius 3 is 1.94 bits per heavy atom. The van der Waals surface area contributed by atoms with Gasteiger partial charge in [0.25, 0.3) is 0 Å². The van der Waals surface area contributed by atoms with Crippen LogP contribution < -0.4 is 5.32 Å². The Kier molecular flexibility index (Phi) is 5.01. The van der Waals surface area contributed by atoms with Crippen LogP contribution in [0.4, 0.5) is 0 Å². The number of carboxylic acids is 1. The minimum Gasteiger partial charge on any atom is -0.481 e. The number of hydrogen-bond acceptors (Lipinski definition) is 3. The van der Waals surface area contributed by atoms with Crippen molar-refractivity contribution < 1.29 is 14.6 Å². The molecular weight excluding hydrogens is 230 g/mol. The van der Waals surface area contributed by atoms with Crippen LogP contribution in [0, 0.1) is 5.92 Å². The van der Waals surface area contributed by atoms with Crippen LogP contribution in [0.1, 0.15) is 51.4 Å². The molecular formula is C14H25NO3. The lowest BCUT2D eigenvalue weighted by Gasteiger charge is -2.34. The zero-order chi connectivity index (χ0) is 13.0. The summed E-state index contributed by atoms with van der Waals surface area (Å²) >= 11 is 0. The van der Waals surface area contributed by atoms with Crippen molar-refractivity contribution in [1.29, 1.82) is 0 Å². The molecule has 18 heavy (non-hydrogen) atoms. The standard InChI is InChI=1S/C14H25NO3/c1-18-13-8-6-12(7-9-13)15-11-4-2-10(3-5-11)14(16)17/h10-13,15H,2-9H2,1H3,(H,16,17). The van der Waals surface area contributed by atoms with E-state index in [1.807, 2.05) is 0 Å². The number of hydrogen-bond donors (Lipinski definition) is 2. The smallest absolute Gasteiger partial charge is 0.306 e. The van der Waals surface area contributed by atoms with Gasteiger partial charge in [-0.2, -0.15) is 0 Å². The Morgan fingerprint density at radius 2 is 1.50 bits per heavy atom. The van der Waals surface area contributed by atoms with Gasteiger partial charge in [-0.15, -0.1) is 0 Å². The number of nitrogens with one attached hydrogen (secondary N) is 1. The highest BCUT2D eigenvalue weighted by molar-refractivity contribution is 5.70. The maximum absolute atomic E-state index is 10.9. The number of ether oxygens (including phenoxy) is 1. The summed E-state index contributed by atoms with van der Waals surface area (Å²) in [6.07, 6.45) is 8.83. The summed E-state index contributed by atoms with van der Waals surface area (Å²) in [7, 11) is 1.80. The Hall–Kier alpha value is -0.610. The molecule has 2 fully saturated rings. The van der Waals surface area contributed by atoms with Crippen molar-refractivity contribution >= 4 is 5.97 Å². The number of rotatable bonds is 4. The average molecular weight is 255 g/mol. The molecule has 0 amide bonds. The normalized spacial score (nSPS) is 37.4. The van der Waals surface area contributed by atoms with E-state index >= 15 is 0 Å². The van der Waals surface area contributed by atoms with Gasteiger partial charge in [0.15, 0.2) is 0 Å². The number of carboxylic acid groups (broad SMARTS) is 1. The Morgan fingerprint density at radius 1 is 1.00 bits per heavy atom. The Balaban J connectivity index is 1.67. The Bertz CT molecular complexity index is 266. The van der Waals surface area contributed by atoms with Crippen molar-refractivity contribution in [3.63, 3.8) is 0 Å². The van der Waals surface area contributed by atoms with Gasteiger partial charge in [-0.05, 0) is 51.4 Å². The van der Waals surface area contributed by atoms with Gasteiger partial charge in [-0.25, -0.2) is 0 Å². The molecule has 0 radical (unpaired) electrons. The van der Waals surface area contributed by atoms with Crippen molar-refractivity contribution in [2.45, 2.75) is 69.6 Å². The quantitative estimate of drug-likeness (QED) is 0.808. The van der Waals surface area contributed by atoms with E-state index in [2.05, 4.69) is 5.32 Å². The van der Waals surface area contributed by atoms with Crippen LogP contribution in [-0.4, -0.2) is 36.4 Å². The van der Waals surface area contributed by atoms with Gasteiger partial charge < -0.3 is 15.2 Å². The second-order valence-electron chi connectivity index (χ2n) is 5.76. The van der Waals surface area contributed by atoms with Crippen LogP contribution in [0.2, 0.25) is 0 Å². The molecule has 0 aromatic rings. The summed E-state index contributed by atoms with van der Waals surface area (Å²) in [6.45, 7) is 0. The SMILES string of the molecule is COC1CCC(NC2CCC(C(=O)O)CC2)CC1. The zero-order valence-corrected chi connectivity index (χ0v) is 11.2. The fraction of sp³-hybridized carbons (Fsp3) is 0.929. The van der Waals surface area contributed by atoms with Gasteiger partial charge in [0.05, 0.1) is 12.0 Å². The van der Waals surface area contributed by atoms with Crippen molar-refractivity contribution in [2.24, 2.45) is 5.92 Å².